The van der Waals surface area contributed by atoms with Crippen molar-refractivity contribution in [3.8, 4) is 0 Å². The highest BCUT2D eigenvalue weighted by molar-refractivity contribution is 5.79. The maximum Gasteiger partial charge on any atom is 0.305 e. The van der Waals surface area contributed by atoms with Gasteiger partial charge in [0.1, 0.15) is 0 Å². The van der Waals surface area contributed by atoms with Gasteiger partial charge >= 0.3 is 5.97 Å². The fraction of sp³-hybridized carbons (Fsp3) is 0.636. The van der Waals surface area contributed by atoms with E-state index in [2.05, 4.69) is 76.5 Å². The summed E-state index contributed by atoms with van der Waals surface area (Å²) in [6.07, 6.45) is 4.36. The van der Waals surface area contributed by atoms with E-state index in [-0.39, 0.29) is 5.97 Å². The molecular weight excluding hydrogens is 352 g/mol. The molecule has 0 aliphatic carbocycles. The van der Waals surface area contributed by atoms with Crippen LogP contribution in [0.1, 0.15) is 51.5 Å². The Labute approximate surface area is 170 Å². The number of carbonyl (C=O) groups is 1. The van der Waals surface area contributed by atoms with Crippen LogP contribution in [0.3, 0.4) is 0 Å². The molecule has 1 aromatic rings. The number of guanidine groups is 1. The maximum atomic E-state index is 11.1. The molecule has 6 heteroatoms. The van der Waals surface area contributed by atoms with Crippen LogP contribution in [0.5, 0.6) is 0 Å². The predicted molar refractivity (Wildman–Crippen MR) is 116 cm³/mol. The molecule has 2 N–H and O–H groups in total. The van der Waals surface area contributed by atoms with Crippen LogP contribution in [0.15, 0.2) is 35.3 Å². The van der Waals surface area contributed by atoms with Gasteiger partial charge in [-0.25, -0.2) is 0 Å². The number of benzene rings is 1. The lowest BCUT2D eigenvalue weighted by Crippen LogP contribution is -2.40. The Bertz CT molecular complexity index is 563. The maximum absolute atomic E-state index is 11.1. The Balaban J connectivity index is 2.26. The quantitative estimate of drug-likeness (QED) is 0.234. The largest absolute Gasteiger partial charge is 0.469 e. The summed E-state index contributed by atoms with van der Waals surface area (Å²) in [5.74, 6) is 0.734. The standard InChI is InChI=1S/C22H38N4O2/c1-5-23-22(24-16-11-7-10-14-21(27)28-4)25-17-15-19(2)26(3)18-20-12-8-6-9-13-20/h6,8-9,12-13,19H,5,7,10-11,14-18H2,1-4H3,(H2,23,24,25). The molecule has 1 rings (SSSR count). The number of esters is 1. The number of hydrogen-bond donors (Lipinski definition) is 2. The van der Waals surface area contributed by atoms with Crippen molar-refractivity contribution in [2.75, 3.05) is 33.8 Å². The average molecular weight is 391 g/mol. The first-order chi connectivity index (χ1) is 13.6. The van der Waals surface area contributed by atoms with Gasteiger partial charge in [0.25, 0.3) is 0 Å². The molecule has 1 aromatic carbocycles. The van der Waals surface area contributed by atoms with Crippen molar-refractivity contribution in [1.29, 1.82) is 0 Å². The van der Waals surface area contributed by atoms with Gasteiger partial charge in [-0.2, -0.15) is 0 Å². The highest BCUT2D eigenvalue weighted by Crippen LogP contribution is 2.08. The Kier molecular flexibility index (Phi) is 12.8. The minimum atomic E-state index is -0.134. The van der Waals surface area contributed by atoms with Crippen molar-refractivity contribution in [2.45, 2.75) is 58.5 Å². The molecule has 1 atom stereocenters. The number of methoxy groups -OCH3 is 1. The Morgan fingerprint density at radius 3 is 2.61 bits per heavy atom. The summed E-state index contributed by atoms with van der Waals surface area (Å²) in [4.78, 5) is 18.1. The number of nitrogens with one attached hydrogen (secondary N) is 2. The molecule has 0 aliphatic heterocycles. The minimum Gasteiger partial charge on any atom is -0.469 e. The van der Waals surface area contributed by atoms with E-state index >= 15 is 0 Å². The van der Waals surface area contributed by atoms with Crippen LogP contribution in [0, 0.1) is 0 Å². The van der Waals surface area contributed by atoms with Crippen LogP contribution in [-0.2, 0) is 16.1 Å². The zero-order valence-electron chi connectivity index (χ0n) is 18.0. The molecular formula is C22H38N4O2. The van der Waals surface area contributed by atoms with Crippen LogP contribution in [0.25, 0.3) is 0 Å². The lowest BCUT2D eigenvalue weighted by Gasteiger charge is -2.25. The van der Waals surface area contributed by atoms with Crippen LogP contribution in [0.4, 0.5) is 0 Å². The van der Waals surface area contributed by atoms with E-state index in [4.69, 9.17) is 0 Å². The molecule has 0 bridgehead atoms. The van der Waals surface area contributed by atoms with E-state index in [1.54, 1.807) is 0 Å². The van der Waals surface area contributed by atoms with Crippen molar-refractivity contribution in [1.82, 2.24) is 15.5 Å². The van der Waals surface area contributed by atoms with Crippen molar-refractivity contribution < 1.29 is 9.53 Å². The third-order valence-corrected chi connectivity index (χ3v) is 4.76. The van der Waals surface area contributed by atoms with Gasteiger partial charge in [-0.05, 0) is 45.7 Å². The van der Waals surface area contributed by atoms with Gasteiger partial charge in [-0.15, -0.1) is 0 Å². The van der Waals surface area contributed by atoms with E-state index < -0.39 is 0 Å². The van der Waals surface area contributed by atoms with Crippen LogP contribution < -0.4 is 10.6 Å². The summed E-state index contributed by atoms with van der Waals surface area (Å²) in [6, 6.07) is 11.0. The molecule has 0 aliphatic rings. The van der Waals surface area contributed by atoms with E-state index in [0.29, 0.717) is 12.5 Å². The van der Waals surface area contributed by atoms with Crippen LogP contribution in [-0.4, -0.2) is 56.7 Å². The van der Waals surface area contributed by atoms with Crippen molar-refractivity contribution in [2.24, 2.45) is 4.99 Å². The average Bonchev–Trinajstić information content (AvgIpc) is 2.70. The first-order valence-electron chi connectivity index (χ1n) is 10.4. The smallest absolute Gasteiger partial charge is 0.305 e. The summed E-state index contributed by atoms with van der Waals surface area (Å²) in [5.41, 5.74) is 1.34. The van der Waals surface area contributed by atoms with Gasteiger partial charge in [-0.1, -0.05) is 36.8 Å². The van der Waals surface area contributed by atoms with E-state index in [1.807, 2.05) is 0 Å². The molecule has 0 saturated heterocycles. The normalized spacial score (nSPS) is 12.7. The first kappa shape index (κ1) is 24.0. The first-order valence-corrected chi connectivity index (χ1v) is 10.4. The SMILES string of the molecule is CCNC(=NCCCCCC(=O)OC)NCCC(C)N(C)Cc1ccccc1. The van der Waals surface area contributed by atoms with Crippen molar-refractivity contribution in [3.63, 3.8) is 0 Å². The number of nitrogens with zero attached hydrogens (tertiary/aromatic N) is 2. The Morgan fingerprint density at radius 2 is 1.93 bits per heavy atom. The van der Waals surface area contributed by atoms with Gasteiger partial charge in [0, 0.05) is 38.6 Å². The summed E-state index contributed by atoms with van der Waals surface area (Å²) < 4.78 is 4.65. The van der Waals surface area contributed by atoms with Crippen molar-refractivity contribution >= 4 is 11.9 Å². The summed E-state index contributed by atoms with van der Waals surface area (Å²) >= 11 is 0. The van der Waals surface area contributed by atoms with E-state index in [0.717, 1.165) is 57.8 Å². The molecule has 0 fully saturated rings. The fourth-order valence-electron chi connectivity index (χ4n) is 2.84. The fourth-order valence-corrected chi connectivity index (χ4v) is 2.84. The van der Waals surface area contributed by atoms with Crippen LogP contribution >= 0.6 is 0 Å². The molecule has 0 saturated carbocycles. The molecule has 158 valence electrons. The zero-order valence-corrected chi connectivity index (χ0v) is 18.0. The Hall–Kier alpha value is -2.08. The molecule has 1 unspecified atom stereocenters. The highest BCUT2D eigenvalue weighted by atomic mass is 16.5. The summed E-state index contributed by atoms with van der Waals surface area (Å²) in [5, 5.41) is 6.72. The molecule has 0 amide bonds. The highest BCUT2D eigenvalue weighted by Gasteiger charge is 2.09. The third kappa shape index (κ3) is 10.9. The Morgan fingerprint density at radius 1 is 1.18 bits per heavy atom. The number of aliphatic imine (C=N–C) groups is 1. The van der Waals surface area contributed by atoms with E-state index in [1.165, 1.54) is 12.7 Å². The topological polar surface area (TPSA) is 66.0 Å². The predicted octanol–water partition coefficient (Wildman–Crippen LogP) is 3.19. The molecule has 0 radical (unpaired) electrons. The molecule has 6 nitrogen and oxygen atoms in total. The number of rotatable bonds is 13. The number of hydrogen-bond acceptors (Lipinski definition) is 4. The monoisotopic (exact) mass is 390 g/mol. The number of ether oxygens (including phenoxy) is 1. The van der Waals surface area contributed by atoms with Gasteiger partial charge in [-0.3, -0.25) is 14.7 Å². The molecule has 28 heavy (non-hydrogen) atoms. The second-order valence-corrected chi connectivity index (χ2v) is 7.11. The lowest BCUT2D eigenvalue weighted by atomic mass is 10.1. The zero-order chi connectivity index (χ0) is 20.6. The van der Waals surface area contributed by atoms with Crippen molar-refractivity contribution in [3.05, 3.63) is 35.9 Å². The minimum absolute atomic E-state index is 0.134. The van der Waals surface area contributed by atoms with Gasteiger partial charge in [0.2, 0.25) is 0 Å². The molecule has 0 aromatic heterocycles. The van der Waals surface area contributed by atoms with Crippen LogP contribution in [0.2, 0.25) is 0 Å². The van der Waals surface area contributed by atoms with E-state index in [9.17, 15) is 4.79 Å². The molecule has 0 spiro atoms. The summed E-state index contributed by atoms with van der Waals surface area (Å²) in [6.45, 7) is 7.79. The number of carbonyl (C=O) groups excluding carboxylic acids is 1. The van der Waals surface area contributed by atoms with Gasteiger partial charge in [0.15, 0.2) is 5.96 Å². The van der Waals surface area contributed by atoms with Gasteiger partial charge in [0.05, 0.1) is 7.11 Å². The number of unbranched alkanes of at least 4 members (excludes halogenated alkanes) is 2. The second kappa shape index (κ2) is 14.9. The summed E-state index contributed by atoms with van der Waals surface area (Å²) in [7, 11) is 3.60. The molecule has 0 heterocycles. The third-order valence-electron chi connectivity index (χ3n) is 4.76. The second-order valence-electron chi connectivity index (χ2n) is 7.11. The lowest BCUT2D eigenvalue weighted by molar-refractivity contribution is -0.140. The van der Waals surface area contributed by atoms with Gasteiger partial charge < -0.3 is 15.4 Å².